The first kappa shape index (κ1) is 63.4. The van der Waals surface area contributed by atoms with Gasteiger partial charge in [0.2, 0.25) is 6.10 Å². The number of aliphatic hydroxyl groups is 1. The zero-order valence-corrected chi connectivity index (χ0v) is 49.8. The van der Waals surface area contributed by atoms with Crippen molar-refractivity contribution in [2.75, 3.05) is 13.2 Å². The van der Waals surface area contributed by atoms with Gasteiger partial charge >= 0.3 is 41.8 Å². The molecule has 2 saturated heterocycles. The molecule has 10 bridgehead atoms. The maximum atomic E-state index is 12.1. The van der Waals surface area contributed by atoms with Crippen molar-refractivity contribution in [3.05, 3.63) is 60.8 Å². The number of hydrogen-bond acceptors (Lipinski definition) is 18. The summed E-state index contributed by atoms with van der Waals surface area (Å²) < 4.78 is 65.0. The lowest BCUT2D eigenvalue weighted by molar-refractivity contribution is -0.221. The van der Waals surface area contributed by atoms with Gasteiger partial charge in [-0.25, -0.2) is 33.6 Å². The lowest BCUT2D eigenvalue weighted by Gasteiger charge is -2.61. The molecule has 19 heteroatoms. The van der Waals surface area contributed by atoms with E-state index in [1.807, 2.05) is 6.92 Å². The zero-order valence-electron chi connectivity index (χ0n) is 49.0. The van der Waals surface area contributed by atoms with Crippen LogP contribution in [0.4, 0.5) is 0 Å². The molecule has 11 saturated carbocycles. The topological polar surface area (TPSA) is 248 Å². The highest BCUT2D eigenvalue weighted by atomic mass is 32.2. The lowest BCUT2D eigenvalue weighted by atomic mass is 9.47. The number of esters is 7. The van der Waals surface area contributed by atoms with Gasteiger partial charge in [0.1, 0.15) is 29.0 Å². The molecule has 13 aliphatic rings. The second kappa shape index (κ2) is 25.0. The van der Waals surface area contributed by atoms with Gasteiger partial charge in [0.05, 0.1) is 17.5 Å². The van der Waals surface area contributed by atoms with E-state index in [9.17, 15) is 47.1 Å². The summed E-state index contributed by atoms with van der Waals surface area (Å²) in [5, 5.41) is 10.1. The molecule has 8 atom stereocenters. The first-order valence-electron chi connectivity index (χ1n) is 29.1. The minimum atomic E-state index is -3.53. The Balaban J connectivity index is 0.000000149. The van der Waals surface area contributed by atoms with Crippen molar-refractivity contribution in [2.24, 2.45) is 53.3 Å². The van der Waals surface area contributed by atoms with Crippen LogP contribution in [0.25, 0.3) is 0 Å². The van der Waals surface area contributed by atoms with Crippen LogP contribution in [0, 0.1) is 53.3 Å². The fourth-order valence-corrected chi connectivity index (χ4v) is 17.6. The molecule has 0 spiro atoms. The van der Waals surface area contributed by atoms with Crippen LogP contribution < -0.4 is 0 Å². The maximum absolute atomic E-state index is 12.1. The van der Waals surface area contributed by atoms with Gasteiger partial charge in [-0.05, 0) is 186 Å². The van der Waals surface area contributed by atoms with Crippen LogP contribution >= 0.6 is 0 Å². The highest BCUT2D eigenvalue weighted by Crippen LogP contribution is 2.62. The molecule has 8 unspecified atom stereocenters. The van der Waals surface area contributed by atoms with E-state index >= 15 is 0 Å². The first-order chi connectivity index (χ1) is 37.8. The predicted molar refractivity (Wildman–Crippen MR) is 296 cm³/mol. The van der Waals surface area contributed by atoms with Crippen molar-refractivity contribution in [3.63, 3.8) is 0 Å². The molecule has 1 N–H and O–H groups in total. The number of cyclic esters (lactones) is 1. The minimum Gasteiger partial charge on any atom is -0.463 e. The van der Waals surface area contributed by atoms with Gasteiger partial charge in [-0.15, -0.1) is 0 Å². The Morgan fingerprint density at radius 1 is 0.654 bits per heavy atom. The van der Waals surface area contributed by atoms with Crippen molar-refractivity contribution in [1.29, 1.82) is 0 Å². The lowest BCUT2D eigenvalue weighted by Crippen LogP contribution is -2.62. The molecular weight excluding hydrogens is 1060 g/mol. The highest BCUT2D eigenvalue weighted by Gasteiger charge is 2.66. The SMILES string of the molecule is C=C(C)C(=O)OC1(C(C)C)C2CC3CC(C2)CC1C3.C=C(C)C(=O)OC1(C)CCCC1.C=C(C)C(=O)OC12CC3CC(CC(O)(C3)C1)C2.C=C(C)C(=O)OC1CCOC1=O.C=C(C)C(=O)OCC(=O)OC1C2CC3C1OS(=O)(=O)C3C2. The summed E-state index contributed by atoms with van der Waals surface area (Å²) in [5.74, 6) is 1.28. The van der Waals surface area contributed by atoms with Gasteiger partial charge in [0.25, 0.3) is 10.1 Å². The van der Waals surface area contributed by atoms with Crippen molar-refractivity contribution < 1.29 is 84.4 Å². The Bertz CT molecular complexity index is 2600. The van der Waals surface area contributed by atoms with E-state index in [2.05, 4.69) is 51.5 Å². The molecular formula is C62H88O18S. The summed E-state index contributed by atoms with van der Waals surface area (Å²) in [6.07, 6.45) is 16.1. The number of carbonyl (C=O) groups is 7. The molecule has 18 nitrogen and oxygen atoms in total. The van der Waals surface area contributed by atoms with Crippen molar-refractivity contribution in [1.82, 2.24) is 0 Å². The second-order valence-electron chi connectivity index (χ2n) is 26.3. The Kier molecular flexibility index (Phi) is 19.6. The van der Waals surface area contributed by atoms with E-state index in [0.717, 1.165) is 50.4 Å². The van der Waals surface area contributed by atoms with E-state index in [-0.39, 0.29) is 52.1 Å². The van der Waals surface area contributed by atoms with Crippen molar-refractivity contribution in [3.8, 4) is 0 Å². The van der Waals surface area contributed by atoms with Crippen LogP contribution in [0.15, 0.2) is 60.8 Å². The fourth-order valence-electron chi connectivity index (χ4n) is 15.8. The smallest absolute Gasteiger partial charge is 0.347 e. The zero-order chi connectivity index (χ0) is 59.7. The third-order valence-electron chi connectivity index (χ3n) is 18.8. The Labute approximate surface area is 478 Å². The molecule has 2 heterocycles. The van der Waals surface area contributed by atoms with E-state index in [0.29, 0.717) is 78.6 Å². The first-order valence-corrected chi connectivity index (χ1v) is 30.6. The van der Waals surface area contributed by atoms with Gasteiger partial charge < -0.3 is 38.3 Å². The van der Waals surface area contributed by atoms with Crippen LogP contribution in [0.5, 0.6) is 0 Å². The van der Waals surface area contributed by atoms with Gasteiger partial charge in [-0.2, -0.15) is 8.42 Å². The number of rotatable bonds is 13. The summed E-state index contributed by atoms with van der Waals surface area (Å²) in [7, 11) is -3.53. The summed E-state index contributed by atoms with van der Waals surface area (Å²) in [4.78, 5) is 79.6. The largest absolute Gasteiger partial charge is 0.463 e. The van der Waals surface area contributed by atoms with E-state index < -0.39 is 75.4 Å². The molecule has 13 rings (SSSR count). The van der Waals surface area contributed by atoms with Crippen molar-refractivity contribution >= 4 is 51.9 Å². The van der Waals surface area contributed by atoms with Crippen LogP contribution in [0.3, 0.4) is 0 Å². The number of hydrogen-bond donors (Lipinski definition) is 1. The number of carbonyl (C=O) groups excluding carboxylic acids is 7. The molecule has 0 amide bonds. The molecule has 13 fully saturated rings. The van der Waals surface area contributed by atoms with Gasteiger partial charge in [0.15, 0.2) is 6.61 Å². The summed E-state index contributed by atoms with van der Waals surface area (Å²) in [6.45, 7) is 32.1. The highest BCUT2D eigenvalue weighted by molar-refractivity contribution is 7.87. The van der Waals surface area contributed by atoms with E-state index in [1.54, 1.807) is 20.8 Å². The third kappa shape index (κ3) is 14.6. The quantitative estimate of drug-likeness (QED) is 0.0781. The average molecular weight is 1150 g/mol. The van der Waals surface area contributed by atoms with Crippen LogP contribution in [-0.2, 0) is 81.0 Å². The predicted octanol–water partition coefficient (Wildman–Crippen LogP) is 9.16. The molecule has 0 aromatic heterocycles. The normalized spacial score (nSPS) is 36.2. The second-order valence-corrected chi connectivity index (χ2v) is 28.1. The third-order valence-corrected chi connectivity index (χ3v) is 20.5. The van der Waals surface area contributed by atoms with Gasteiger partial charge in [-0.1, -0.05) is 46.7 Å². The van der Waals surface area contributed by atoms with Crippen LogP contribution in [0.2, 0.25) is 0 Å². The van der Waals surface area contributed by atoms with Gasteiger partial charge in [0, 0.05) is 52.5 Å². The maximum Gasteiger partial charge on any atom is 0.347 e. The van der Waals surface area contributed by atoms with E-state index in [1.165, 1.54) is 65.2 Å². The molecule has 450 valence electrons. The fraction of sp³-hybridized carbons (Fsp3) is 0.726. The minimum absolute atomic E-state index is 0.00284. The van der Waals surface area contributed by atoms with Crippen LogP contribution in [-0.4, -0.2) is 114 Å². The molecule has 11 aliphatic carbocycles. The summed E-state index contributed by atoms with van der Waals surface area (Å²) >= 11 is 0. The monoisotopic (exact) mass is 1150 g/mol. The van der Waals surface area contributed by atoms with Gasteiger partial charge in [-0.3, -0.25) is 4.18 Å². The Morgan fingerprint density at radius 3 is 1.64 bits per heavy atom. The number of ether oxygens (including phenoxy) is 7. The number of fused-ring (bicyclic) bond motifs is 1. The molecule has 81 heavy (non-hydrogen) atoms. The Morgan fingerprint density at radius 2 is 1.16 bits per heavy atom. The van der Waals surface area contributed by atoms with Crippen molar-refractivity contribution in [2.45, 2.75) is 217 Å². The summed E-state index contributed by atoms with van der Waals surface area (Å²) in [5.41, 5.74) is 0.573. The molecule has 0 aromatic carbocycles. The Hall–Kier alpha value is -5.14. The molecule has 2 aliphatic heterocycles. The van der Waals surface area contributed by atoms with E-state index in [4.69, 9.17) is 32.6 Å². The summed E-state index contributed by atoms with van der Waals surface area (Å²) in [6, 6.07) is 0. The molecule has 0 aromatic rings. The van der Waals surface area contributed by atoms with Crippen LogP contribution in [0.1, 0.15) is 171 Å². The average Bonchev–Trinajstić information content (AvgIpc) is 4.20. The standard InChI is InChI=1S/C17H26O2.C14H20O3.C13H16O7S.C10H16O2.C8H10O4/c1-10(2)16(18)19-17(11(3)4)14-6-12-5-13(8-14)9-15(17)7-12;1-9(2)12(15)17-14-6-10-3-11(7-14)5-13(16,4-10)8-14;1-6(2)13(15)18-5-10(14)19-11-7-3-8-9(4-7)21(16,17)20-12(8)11;1-8(2)9(11)12-10(3)6-4-5-7-10;1-5(2)7(9)12-6-3-4-11-8(6)10/h11-15H,1,5-9H2,2-4H3;10-11,16H,1,3-8H2,2H3;7-9,11-12H,1,3-5H2,2H3;1,4-7H2,2-3H3;6H,1,3-4H2,2H3. The molecule has 0 radical (unpaired) electrons.